The van der Waals surface area contributed by atoms with Crippen molar-refractivity contribution >= 4 is 27.7 Å². The summed E-state index contributed by atoms with van der Waals surface area (Å²) in [5.74, 6) is 2.48. The topological polar surface area (TPSA) is 32.3 Å². The molecule has 0 amide bonds. The van der Waals surface area contributed by atoms with E-state index in [9.17, 15) is 5.11 Å². The molecule has 0 aliphatic heterocycles. The monoisotopic (exact) mass is 357 g/mol. The summed E-state index contributed by atoms with van der Waals surface area (Å²) in [5.41, 5.74) is 2.35. The van der Waals surface area contributed by atoms with E-state index in [0.717, 1.165) is 28.9 Å². The van der Waals surface area contributed by atoms with Crippen LogP contribution in [0.4, 0.5) is 0 Å². The van der Waals surface area contributed by atoms with Crippen molar-refractivity contribution in [2.24, 2.45) is 5.92 Å². The molecule has 0 bridgehead atoms. The van der Waals surface area contributed by atoms with Crippen molar-refractivity contribution in [2.75, 3.05) is 18.1 Å². The zero-order valence-corrected chi connectivity index (χ0v) is 14.9. The van der Waals surface area contributed by atoms with Gasteiger partial charge in [-0.2, -0.15) is 11.8 Å². The van der Waals surface area contributed by atoms with Crippen molar-refractivity contribution in [3.8, 4) is 0 Å². The molecule has 112 valence electrons. The lowest BCUT2D eigenvalue weighted by atomic mass is 10.0. The van der Waals surface area contributed by atoms with Gasteiger partial charge in [-0.05, 0) is 49.4 Å². The first-order chi connectivity index (χ1) is 9.37. The lowest BCUT2D eigenvalue weighted by molar-refractivity contribution is 0.107. The molecule has 1 aliphatic carbocycles. The van der Waals surface area contributed by atoms with Crippen LogP contribution in [0.5, 0.6) is 0 Å². The van der Waals surface area contributed by atoms with Crippen molar-refractivity contribution in [3.05, 3.63) is 33.8 Å². The van der Waals surface area contributed by atoms with E-state index in [-0.39, 0.29) is 0 Å². The van der Waals surface area contributed by atoms with E-state index in [2.05, 4.69) is 46.4 Å². The number of rotatable bonds is 6. The molecule has 2 N–H and O–H groups in total. The summed E-state index contributed by atoms with van der Waals surface area (Å²) >= 11 is 5.37. The third-order valence-corrected chi connectivity index (χ3v) is 5.52. The summed E-state index contributed by atoms with van der Waals surface area (Å²) in [6.07, 6.45) is 1.16. The summed E-state index contributed by atoms with van der Waals surface area (Å²) in [5, 5.41) is 13.4. The minimum Gasteiger partial charge on any atom is -0.390 e. The molecule has 2 atom stereocenters. The molecule has 4 heteroatoms. The van der Waals surface area contributed by atoms with Crippen LogP contribution in [0.2, 0.25) is 0 Å². The quantitative estimate of drug-likeness (QED) is 0.760. The van der Waals surface area contributed by atoms with Crippen LogP contribution in [0.3, 0.4) is 0 Å². The molecule has 0 aromatic heterocycles. The third kappa shape index (κ3) is 4.48. The normalized spacial score (nSPS) is 22.1. The molecule has 0 radical (unpaired) electrons. The molecular formula is C16H24BrNOS. The second-order valence-corrected chi connectivity index (χ2v) is 8.34. The standard InChI is InChI=1S/C16H24BrNOS/c1-11-8-12-4-5-13(17)9-14(12)15(11)18-6-7-20-10-16(2,3)19/h4-5,9,11,15,18-19H,6-8,10H2,1-3H3. The smallest absolute Gasteiger partial charge is 0.0681 e. The van der Waals surface area contributed by atoms with Crippen LogP contribution >= 0.6 is 27.7 Å². The van der Waals surface area contributed by atoms with E-state index >= 15 is 0 Å². The largest absolute Gasteiger partial charge is 0.390 e. The van der Waals surface area contributed by atoms with Gasteiger partial charge >= 0.3 is 0 Å². The van der Waals surface area contributed by atoms with Crippen molar-refractivity contribution in [3.63, 3.8) is 0 Å². The van der Waals surface area contributed by atoms with Gasteiger partial charge in [-0.1, -0.05) is 28.9 Å². The molecule has 0 saturated heterocycles. The summed E-state index contributed by atoms with van der Waals surface area (Å²) in [6.45, 7) is 7.03. The van der Waals surface area contributed by atoms with Crippen molar-refractivity contribution in [1.82, 2.24) is 5.32 Å². The fourth-order valence-corrected chi connectivity index (χ4v) is 4.02. The average Bonchev–Trinajstić information content (AvgIpc) is 2.64. The Labute approximate surface area is 134 Å². The summed E-state index contributed by atoms with van der Waals surface area (Å²) in [4.78, 5) is 0. The fraction of sp³-hybridized carbons (Fsp3) is 0.625. The lowest BCUT2D eigenvalue weighted by Crippen LogP contribution is -2.27. The number of thioether (sulfide) groups is 1. The second kappa shape index (κ2) is 6.82. The van der Waals surface area contributed by atoms with Gasteiger partial charge in [0.2, 0.25) is 0 Å². The van der Waals surface area contributed by atoms with Crippen LogP contribution in [0, 0.1) is 5.92 Å². The van der Waals surface area contributed by atoms with Crippen LogP contribution in [0.25, 0.3) is 0 Å². The van der Waals surface area contributed by atoms with E-state index in [1.54, 1.807) is 0 Å². The molecule has 20 heavy (non-hydrogen) atoms. The van der Waals surface area contributed by atoms with E-state index in [1.165, 1.54) is 11.1 Å². The Balaban J connectivity index is 1.83. The number of aliphatic hydroxyl groups is 1. The minimum atomic E-state index is -0.567. The zero-order chi connectivity index (χ0) is 14.8. The van der Waals surface area contributed by atoms with Crippen LogP contribution in [0.1, 0.15) is 37.9 Å². The first-order valence-corrected chi connectivity index (χ1v) is 9.13. The van der Waals surface area contributed by atoms with Gasteiger partial charge in [0.05, 0.1) is 5.60 Å². The molecule has 1 aliphatic rings. The van der Waals surface area contributed by atoms with Gasteiger partial charge in [0.15, 0.2) is 0 Å². The van der Waals surface area contributed by atoms with Gasteiger partial charge < -0.3 is 10.4 Å². The molecule has 0 heterocycles. The van der Waals surface area contributed by atoms with E-state index < -0.39 is 5.60 Å². The number of fused-ring (bicyclic) bond motifs is 1. The third-order valence-electron chi connectivity index (χ3n) is 3.62. The Kier molecular flexibility index (Phi) is 5.57. The van der Waals surface area contributed by atoms with E-state index in [1.807, 2.05) is 25.6 Å². The molecule has 0 fully saturated rings. The number of nitrogens with one attached hydrogen (secondary N) is 1. The highest BCUT2D eigenvalue weighted by Gasteiger charge is 2.28. The Bertz CT molecular complexity index is 458. The predicted molar refractivity (Wildman–Crippen MR) is 91.4 cm³/mol. The summed E-state index contributed by atoms with van der Waals surface area (Å²) < 4.78 is 1.16. The highest BCUT2D eigenvalue weighted by atomic mass is 79.9. The Morgan fingerprint density at radius 1 is 1.45 bits per heavy atom. The maximum atomic E-state index is 9.68. The minimum absolute atomic E-state index is 0.463. The number of halogens is 1. The molecule has 0 spiro atoms. The summed E-state index contributed by atoms with van der Waals surface area (Å²) in [6, 6.07) is 7.08. The van der Waals surface area contributed by atoms with Crippen molar-refractivity contribution < 1.29 is 5.11 Å². The molecule has 1 aromatic carbocycles. The van der Waals surface area contributed by atoms with Crippen molar-refractivity contribution in [2.45, 2.75) is 38.8 Å². The van der Waals surface area contributed by atoms with E-state index in [4.69, 9.17) is 0 Å². The molecular weight excluding hydrogens is 334 g/mol. The Morgan fingerprint density at radius 2 is 2.20 bits per heavy atom. The van der Waals surface area contributed by atoms with Gasteiger partial charge in [0.1, 0.15) is 0 Å². The summed E-state index contributed by atoms with van der Waals surface area (Å²) in [7, 11) is 0. The maximum Gasteiger partial charge on any atom is 0.0681 e. The van der Waals surface area contributed by atoms with Crippen LogP contribution in [0.15, 0.2) is 22.7 Å². The van der Waals surface area contributed by atoms with Gasteiger partial charge in [0.25, 0.3) is 0 Å². The molecule has 1 aromatic rings. The molecule has 2 rings (SSSR count). The Morgan fingerprint density at radius 3 is 2.90 bits per heavy atom. The first-order valence-electron chi connectivity index (χ1n) is 7.18. The Hall–Kier alpha value is -0.0300. The number of hydrogen-bond acceptors (Lipinski definition) is 3. The number of benzene rings is 1. The second-order valence-electron chi connectivity index (χ2n) is 6.32. The van der Waals surface area contributed by atoms with Crippen LogP contribution < -0.4 is 5.32 Å². The SMILES string of the molecule is CC1Cc2ccc(Br)cc2C1NCCSCC(C)(C)O. The zero-order valence-electron chi connectivity index (χ0n) is 12.4. The van der Waals surface area contributed by atoms with Crippen LogP contribution in [-0.2, 0) is 6.42 Å². The molecule has 0 saturated carbocycles. The van der Waals surface area contributed by atoms with Crippen molar-refractivity contribution in [1.29, 1.82) is 0 Å². The first kappa shape index (κ1) is 16.3. The number of hydrogen-bond donors (Lipinski definition) is 2. The van der Waals surface area contributed by atoms with Gasteiger partial charge in [-0.15, -0.1) is 0 Å². The highest BCUT2D eigenvalue weighted by Crippen LogP contribution is 2.37. The fourth-order valence-electron chi connectivity index (χ4n) is 2.73. The van der Waals surface area contributed by atoms with Crippen LogP contribution in [-0.4, -0.2) is 28.8 Å². The van der Waals surface area contributed by atoms with Gasteiger partial charge in [-0.25, -0.2) is 0 Å². The van der Waals surface area contributed by atoms with E-state index in [0.29, 0.717) is 12.0 Å². The molecule has 2 nitrogen and oxygen atoms in total. The predicted octanol–water partition coefficient (Wildman–Crippen LogP) is 3.78. The average molecular weight is 358 g/mol. The maximum absolute atomic E-state index is 9.68. The lowest BCUT2D eigenvalue weighted by Gasteiger charge is -2.20. The van der Waals surface area contributed by atoms with Gasteiger partial charge in [0, 0.05) is 28.6 Å². The highest BCUT2D eigenvalue weighted by molar-refractivity contribution is 9.10. The molecule has 2 unspecified atom stereocenters. The van der Waals surface area contributed by atoms with Gasteiger partial charge in [-0.3, -0.25) is 0 Å².